The number of nitrogens with zero attached hydrogens (tertiary/aromatic N) is 4. The van der Waals surface area contributed by atoms with Crippen LogP contribution in [0.25, 0.3) is 0 Å². The van der Waals surface area contributed by atoms with Gasteiger partial charge in [0.25, 0.3) is 11.6 Å². The van der Waals surface area contributed by atoms with Gasteiger partial charge in [0.1, 0.15) is 5.75 Å². The van der Waals surface area contributed by atoms with E-state index in [9.17, 15) is 14.9 Å². The Morgan fingerprint density at radius 3 is 2.72 bits per heavy atom. The maximum Gasteiger partial charge on any atom is 0.293 e. The molecular weight excluding hydrogens is 442 g/mol. The molecule has 1 aromatic heterocycles. The first kappa shape index (κ1) is 20.2. The van der Waals surface area contributed by atoms with Gasteiger partial charge in [-0.25, -0.2) is 5.43 Å². The van der Waals surface area contributed by atoms with Crippen molar-refractivity contribution in [1.29, 1.82) is 0 Å². The number of benzene rings is 2. The normalized spacial score (nSPS) is 10.8. The third-order valence-corrected chi connectivity index (χ3v) is 4.51. The SMILES string of the molecule is COc1ccccc1/C=N\NC(=O)c1nn(Cc2ccc([N+](=O)[O-])cc2)cc1Br. The molecule has 9 nitrogen and oxygen atoms in total. The minimum atomic E-state index is -0.481. The zero-order valence-corrected chi connectivity index (χ0v) is 16.9. The van der Waals surface area contributed by atoms with Gasteiger partial charge in [-0.1, -0.05) is 24.3 Å². The molecular formula is C19H16BrN5O4. The molecule has 2 aromatic carbocycles. The largest absolute Gasteiger partial charge is 0.496 e. The number of nitro groups is 1. The van der Waals surface area contributed by atoms with Crippen LogP contribution in [0.15, 0.2) is 64.3 Å². The number of hydrazone groups is 1. The number of para-hydroxylation sites is 1. The second kappa shape index (κ2) is 9.11. The molecule has 0 atom stereocenters. The number of non-ortho nitro benzene ring substituents is 1. The lowest BCUT2D eigenvalue weighted by molar-refractivity contribution is -0.384. The number of nitro benzene ring substituents is 1. The van der Waals surface area contributed by atoms with Gasteiger partial charge in [0.15, 0.2) is 5.69 Å². The Balaban J connectivity index is 1.66. The number of amides is 1. The third kappa shape index (κ3) is 5.05. The molecule has 0 fully saturated rings. The second-order valence-electron chi connectivity index (χ2n) is 5.89. The summed E-state index contributed by atoms with van der Waals surface area (Å²) in [6.07, 6.45) is 3.14. The van der Waals surface area contributed by atoms with E-state index in [-0.39, 0.29) is 11.4 Å². The molecule has 0 unspecified atom stereocenters. The van der Waals surface area contributed by atoms with Crippen LogP contribution in [-0.4, -0.2) is 33.9 Å². The fourth-order valence-electron chi connectivity index (χ4n) is 2.53. The Kier molecular flexibility index (Phi) is 6.35. The summed E-state index contributed by atoms with van der Waals surface area (Å²) < 4.78 is 7.29. The summed E-state index contributed by atoms with van der Waals surface area (Å²) in [5, 5.41) is 18.9. The van der Waals surface area contributed by atoms with Gasteiger partial charge in [0, 0.05) is 23.9 Å². The van der Waals surface area contributed by atoms with Crippen molar-refractivity contribution < 1.29 is 14.5 Å². The summed E-state index contributed by atoms with van der Waals surface area (Å²) in [6.45, 7) is 0.356. The smallest absolute Gasteiger partial charge is 0.293 e. The molecule has 148 valence electrons. The van der Waals surface area contributed by atoms with Crippen molar-refractivity contribution in [3.05, 3.63) is 86.1 Å². The summed E-state index contributed by atoms with van der Waals surface area (Å²) in [6, 6.07) is 13.4. The zero-order valence-electron chi connectivity index (χ0n) is 15.3. The number of hydrogen-bond donors (Lipinski definition) is 1. The second-order valence-corrected chi connectivity index (χ2v) is 6.74. The third-order valence-electron chi connectivity index (χ3n) is 3.93. The molecule has 0 aliphatic carbocycles. The average Bonchev–Trinajstić information content (AvgIpc) is 3.08. The number of hydrogen-bond acceptors (Lipinski definition) is 6. The summed E-state index contributed by atoms with van der Waals surface area (Å²) in [7, 11) is 1.56. The summed E-state index contributed by atoms with van der Waals surface area (Å²) in [5.74, 6) is 0.157. The van der Waals surface area contributed by atoms with Gasteiger partial charge in [0.2, 0.25) is 0 Å². The first-order chi connectivity index (χ1) is 14.0. The Hall–Kier alpha value is -3.53. The van der Waals surface area contributed by atoms with Crippen LogP contribution >= 0.6 is 15.9 Å². The van der Waals surface area contributed by atoms with Crippen LogP contribution < -0.4 is 10.2 Å². The van der Waals surface area contributed by atoms with Crippen molar-refractivity contribution in [3.63, 3.8) is 0 Å². The molecule has 0 radical (unpaired) electrons. The number of methoxy groups -OCH3 is 1. The molecule has 10 heteroatoms. The number of carbonyl (C=O) groups is 1. The summed E-state index contributed by atoms with van der Waals surface area (Å²) >= 11 is 3.32. The van der Waals surface area contributed by atoms with E-state index in [0.29, 0.717) is 16.8 Å². The van der Waals surface area contributed by atoms with Gasteiger partial charge < -0.3 is 4.74 Å². The Bertz CT molecular complexity index is 1060. The van der Waals surface area contributed by atoms with Crippen LogP contribution in [0, 0.1) is 10.1 Å². The molecule has 0 aliphatic heterocycles. The highest BCUT2D eigenvalue weighted by molar-refractivity contribution is 9.10. The predicted molar refractivity (Wildman–Crippen MR) is 110 cm³/mol. The van der Waals surface area contributed by atoms with Crippen molar-refractivity contribution in [2.24, 2.45) is 5.10 Å². The van der Waals surface area contributed by atoms with Crippen LogP contribution in [0.5, 0.6) is 5.75 Å². The number of carbonyl (C=O) groups excluding carboxylic acids is 1. The van der Waals surface area contributed by atoms with Gasteiger partial charge in [0.05, 0.1) is 29.3 Å². The fourth-order valence-corrected chi connectivity index (χ4v) is 3.02. The molecule has 29 heavy (non-hydrogen) atoms. The molecule has 3 aromatic rings. The fraction of sp³-hybridized carbons (Fsp3) is 0.105. The van der Waals surface area contributed by atoms with Crippen LogP contribution in [0.2, 0.25) is 0 Å². The topological polar surface area (TPSA) is 112 Å². The Morgan fingerprint density at radius 2 is 2.03 bits per heavy atom. The zero-order chi connectivity index (χ0) is 20.8. The van der Waals surface area contributed by atoms with E-state index in [1.165, 1.54) is 18.3 Å². The maximum atomic E-state index is 12.4. The van der Waals surface area contributed by atoms with Gasteiger partial charge >= 0.3 is 0 Å². The van der Waals surface area contributed by atoms with Crippen LogP contribution in [0.1, 0.15) is 21.6 Å². The first-order valence-electron chi connectivity index (χ1n) is 8.40. The van der Waals surface area contributed by atoms with Crippen LogP contribution in [0.3, 0.4) is 0 Å². The predicted octanol–water partition coefficient (Wildman–Crippen LogP) is 3.37. The molecule has 0 saturated carbocycles. The monoisotopic (exact) mass is 457 g/mol. The Labute approximate surface area is 174 Å². The highest BCUT2D eigenvalue weighted by Crippen LogP contribution is 2.18. The van der Waals surface area contributed by atoms with E-state index in [0.717, 1.165) is 11.1 Å². The van der Waals surface area contributed by atoms with Gasteiger partial charge in [-0.15, -0.1) is 0 Å². The van der Waals surface area contributed by atoms with E-state index >= 15 is 0 Å². The van der Waals surface area contributed by atoms with E-state index < -0.39 is 10.8 Å². The Morgan fingerprint density at radius 1 is 1.31 bits per heavy atom. The van der Waals surface area contributed by atoms with E-state index in [2.05, 4.69) is 31.6 Å². The molecule has 0 spiro atoms. The van der Waals surface area contributed by atoms with Crippen molar-refractivity contribution in [2.45, 2.75) is 6.54 Å². The molecule has 0 aliphatic rings. The maximum absolute atomic E-state index is 12.4. The molecule has 1 heterocycles. The quantitative estimate of drug-likeness (QED) is 0.332. The highest BCUT2D eigenvalue weighted by Gasteiger charge is 2.15. The molecule has 3 rings (SSSR count). The van der Waals surface area contributed by atoms with Gasteiger partial charge in [-0.05, 0) is 33.6 Å². The van der Waals surface area contributed by atoms with Crippen LogP contribution in [0.4, 0.5) is 5.69 Å². The standard InChI is InChI=1S/C19H16BrN5O4/c1-29-17-5-3-2-4-14(17)10-21-22-19(26)18-16(20)12-24(23-18)11-13-6-8-15(9-7-13)25(27)28/h2-10,12H,11H2,1H3,(H,22,26)/b21-10-. The lowest BCUT2D eigenvalue weighted by atomic mass is 10.2. The summed E-state index contributed by atoms with van der Waals surface area (Å²) in [4.78, 5) is 22.6. The lowest BCUT2D eigenvalue weighted by Crippen LogP contribution is -2.19. The molecule has 1 amide bonds. The van der Waals surface area contributed by atoms with Gasteiger partial charge in [-0.3, -0.25) is 19.6 Å². The average molecular weight is 458 g/mol. The number of halogens is 1. The van der Waals surface area contributed by atoms with Crippen molar-refractivity contribution >= 4 is 33.7 Å². The minimum absolute atomic E-state index is 0.0170. The van der Waals surface area contributed by atoms with E-state index in [4.69, 9.17) is 4.74 Å². The summed E-state index contributed by atoms with van der Waals surface area (Å²) in [5.41, 5.74) is 4.15. The highest BCUT2D eigenvalue weighted by atomic mass is 79.9. The van der Waals surface area contributed by atoms with Crippen molar-refractivity contribution in [1.82, 2.24) is 15.2 Å². The minimum Gasteiger partial charge on any atom is -0.496 e. The number of ether oxygens (including phenoxy) is 1. The number of rotatable bonds is 7. The number of aromatic nitrogens is 2. The van der Waals surface area contributed by atoms with E-state index in [1.54, 1.807) is 36.2 Å². The van der Waals surface area contributed by atoms with Crippen LogP contribution in [-0.2, 0) is 6.54 Å². The van der Waals surface area contributed by atoms with E-state index in [1.807, 2.05) is 18.2 Å². The van der Waals surface area contributed by atoms with Crippen molar-refractivity contribution in [2.75, 3.05) is 7.11 Å². The molecule has 0 bridgehead atoms. The first-order valence-corrected chi connectivity index (χ1v) is 9.20. The van der Waals surface area contributed by atoms with Gasteiger partial charge in [-0.2, -0.15) is 10.2 Å². The van der Waals surface area contributed by atoms with Crippen molar-refractivity contribution in [3.8, 4) is 5.75 Å². The molecule has 1 N–H and O–H groups in total. The lowest BCUT2D eigenvalue weighted by Gasteiger charge is -2.03. The molecule has 0 saturated heterocycles. The number of nitrogens with one attached hydrogen (secondary N) is 1.